The van der Waals surface area contributed by atoms with Crippen LogP contribution in [0.3, 0.4) is 0 Å². The molecule has 4 nitrogen and oxygen atoms in total. The highest BCUT2D eigenvalue weighted by Gasteiger charge is 2.33. The molecule has 1 N–H and O–H groups in total. The molecule has 0 saturated carbocycles. The maximum Gasteiger partial charge on any atom is 0.416 e. The van der Waals surface area contributed by atoms with E-state index in [2.05, 4.69) is 11.8 Å². The lowest BCUT2D eigenvalue weighted by Crippen LogP contribution is -2.50. The van der Waals surface area contributed by atoms with Gasteiger partial charge < -0.3 is 14.9 Å². The first-order valence-corrected chi connectivity index (χ1v) is 13.7. The Morgan fingerprint density at radius 3 is 2.08 bits per heavy atom. The van der Waals surface area contributed by atoms with E-state index in [1.54, 1.807) is 0 Å². The van der Waals surface area contributed by atoms with E-state index in [1.165, 1.54) is 17.0 Å². The van der Waals surface area contributed by atoms with Crippen molar-refractivity contribution in [2.24, 2.45) is 0 Å². The van der Waals surface area contributed by atoms with Crippen molar-refractivity contribution in [2.45, 2.75) is 45.9 Å². The first-order valence-electron chi connectivity index (χ1n) is 13.0. The normalized spacial score (nSPS) is 14.0. The number of hydrogen-bond donors (Lipinski definition) is 1. The van der Waals surface area contributed by atoms with Gasteiger partial charge in [-0.05, 0) is 60.0 Å². The van der Waals surface area contributed by atoms with Crippen molar-refractivity contribution in [2.75, 3.05) is 31.1 Å². The third-order valence-corrected chi connectivity index (χ3v) is 6.48. The summed E-state index contributed by atoms with van der Waals surface area (Å²) in [7, 11) is 0. The second kappa shape index (κ2) is 15.8. The summed E-state index contributed by atoms with van der Waals surface area (Å²) in [4.78, 5) is 16.3. The average molecular weight is 584 g/mol. The molecule has 4 rings (SSSR count). The third kappa shape index (κ3) is 9.75. The van der Waals surface area contributed by atoms with Crippen LogP contribution in [0.4, 0.5) is 18.9 Å². The molecule has 0 aliphatic carbocycles. The van der Waals surface area contributed by atoms with Crippen LogP contribution in [0.15, 0.2) is 72.8 Å². The predicted octanol–water partition coefficient (Wildman–Crippen LogP) is 8.06. The number of aryl methyl sites for hydroxylation is 1. The molecular formula is C30H35Cl2F3N2O2. The van der Waals surface area contributed by atoms with Gasteiger partial charge in [0.2, 0.25) is 0 Å². The lowest BCUT2D eigenvalue weighted by atomic mass is 10.0. The Hall–Kier alpha value is -2.74. The zero-order valence-electron chi connectivity index (χ0n) is 22.4. The predicted molar refractivity (Wildman–Crippen MR) is 153 cm³/mol. The Morgan fingerprint density at radius 1 is 0.897 bits per heavy atom. The largest absolute Gasteiger partial charge is 0.416 e. The van der Waals surface area contributed by atoms with Gasteiger partial charge in [0.1, 0.15) is 0 Å². The minimum Gasteiger partial charge on any atom is -0.378 e. The number of piperazine rings is 1. The van der Waals surface area contributed by atoms with Gasteiger partial charge in [-0.25, -0.2) is 0 Å². The number of nitrogens with zero attached hydrogens (tertiary/aromatic N) is 2. The summed E-state index contributed by atoms with van der Waals surface area (Å²) in [5, 5.41) is 11.8. The smallest absolute Gasteiger partial charge is 0.378 e. The van der Waals surface area contributed by atoms with Gasteiger partial charge in [-0.15, -0.1) is 0 Å². The Morgan fingerprint density at radius 2 is 1.54 bits per heavy atom. The van der Waals surface area contributed by atoms with Crippen LogP contribution in [0.25, 0.3) is 0 Å². The van der Waals surface area contributed by atoms with Gasteiger partial charge in [0.15, 0.2) is 6.10 Å². The Balaban J connectivity index is 0.000000507. The van der Waals surface area contributed by atoms with Gasteiger partial charge >= 0.3 is 6.18 Å². The molecule has 1 saturated heterocycles. The third-order valence-electron chi connectivity index (χ3n) is 5.99. The van der Waals surface area contributed by atoms with Crippen LogP contribution in [0.2, 0.25) is 10.0 Å². The summed E-state index contributed by atoms with van der Waals surface area (Å²) in [6, 6.07) is 19.5. The van der Waals surface area contributed by atoms with Crippen LogP contribution in [0, 0.1) is 0 Å². The zero-order chi connectivity index (χ0) is 29.0. The fourth-order valence-corrected chi connectivity index (χ4v) is 4.46. The van der Waals surface area contributed by atoms with Crippen molar-refractivity contribution in [1.82, 2.24) is 4.90 Å². The van der Waals surface area contributed by atoms with Gasteiger partial charge in [0.05, 0.1) is 5.56 Å². The van der Waals surface area contributed by atoms with Gasteiger partial charge in [-0.2, -0.15) is 13.2 Å². The number of aliphatic hydroxyl groups excluding tert-OH is 1. The van der Waals surface area contributed by atoms with Crippen LogP contribution in [-0.2, 0) is 17.4 Å². The molecule has 0 spiro atoms. The molecule has 0 aromatic heterocycles. The molecule has 1 fully saturated rings. The number of rotatable bonds is 5. The molecule has 1 aliphatic heterocycles. The van der Waals surface area contributed by atoms with Crippen LogP contribution >= 0.6 is 23.2 Å². The molecule has 39 heavy (non-hydrogen) atoms. The Kier molecular flexibility index (Phi) is 13.1. The van der Waals surface area contributed by atoms with Crippen molar-refractivity contribution < 1.29 is 23.1 Å². The van der Waals surface area contributed by atoms with Crippen molar-refractivity contribution in [3.8, 4) is 0 Å². The number of halogens is 5. The fraction of sp³-hybridized carbons (Fsp3) is 0.367. The number of carbonyl (C=O) groups is 1. The van der Waals surface area contributed by atoms with E-state index in [4.69, 9.17) is 23.2 Å². The lowest BCUT2D eigenvalue weighted by molar-refractivity contribution is -0.142. The maximum absolute atomic E-state index is 12.9. The molecule has 1 aliphatic rings. The highest BCUT2D eigenvalue weighted by atomic mass is 35.5. The Labute approximate surface area is 239 Å². The summed E-state index contributed by atoms with van der Waals surface area (Å²) in [5.74, 6) is -0.584. The minimum absolute atomic E-state index is 0.0554. The first-order chi connectivity index (χ1) is 18.6. The van der Waals surface area contributed by atoms with E-state index in [0.717, 1.165) is 41.2 Å². The monoisotopic (exact) mass is 582 g/mol. The van der Waals surface area contributed by atoms with E-state index in [9.17, 15) is 23.1 Å². The number of carbonyl (C=O) groups excluding carboxylic acids is 1. The fourth-order valence-electron chi connectivity index (χ4n) is 4.12. The van der Waals surface area contributed by atoms with Gasteiger partial charge in [0, 0.05) is 41.9 Å². The standard InChI is InChI=1S/C22H24ClF3N2O2.C6H5Cl.C2H6/c1-2-4-15-14-18(23)7-8-19(15)27-9-11-28(12-10-27)21(30)20(29)16-5-3-6-17(13-16)22(24,25)26;7-6-4-2-1-3-5-6;1-2/h3,5-8,13-14,20,29H,2,4,9-12H2,1H3;1-5H;1-2H3. The van der Waals surface area contributed by atoms with Crippen molar-refractivity contribution in [3.63, 3.8) is 0 Å². The SMILES string of the molecule is CC.CCCc1cc(Cl)ccc1N1CCN(C(=O)C(O)c2cccc(C(F)(F)F)c2)CC1.Clc1ccccc1. The highest BCUT2D eigenvalue weighted by molar-refractivity contribution is 6.30. The summed E-state index contributed by atoms with van der Waals surface area (Å²) >= 11 is 11.7. The number of alkyl halides is 3. The Bertz CT molecular complexity index is 1170. The molecule has 1 atom stereocenters. The average Bonchev–Trinajstić information content (AvgIpc) is 2.94. The van der Waals surface area contributed by atoms with Crippen molar-refractivity contribution >= 4 is 34.8 Å². The van der Waals surface area contributed by atoms with Crippen LogP contribution in [-0.4, -0.2) is 42.1 Å². The van der Waals surface area contributed by atoms with E-state index in [1.807, 2.05) is 62.4 Å². The van der Waals surface area contributed by atoms with Crippen molar-refractivity contribution in [3.05, 3.63) is 99.5 Å². The quantitative estimate of drug-likeness (QED) is 0.331. The van der Waals surface area contributed by atoms with E-state index < -0.39 is 23.8 Å². The van der Waals surface area contributed by atoms with E-state index >= 15 is 0 Å². The molecule has 9 heteroatoms. The van der Waals surface area contributed by atoms with Crippen LogP contribution in [0.5, 0.6) is 0 Å². The number of anilines is 1. The van der Waals surface area contributed by atoms with Gasteiger partial charge in [0.25, 0.3) is 5.91 Å². The number of benzene rings is 3. The highest BCUT2D eigenvalue weighted by Crippen LogP contribution is 2.31. The maximum atomic E-state index is 12.9. The first kappa shape index (κ1) is 32.5. The minimum atomic E-state index is -4.53. The topological polar surface area (TPSA) is 43.8 Å². The summed E-state index contributed by atoms with van der Waals surface area (Å²) < 4.78 is 38.7. The molecule has 0 bridgehead atoms. The second-order valence-corrected chi connectivity index (χ2v) is 9.53. The van der Waals surface area contributed by atoms with Gasteiger partial charge in [-0.3, -0.25) is 4.79 Å². The lowest BCUT2D eigenvalue weighted by Gasteiger charge is -2.38. The summed E-state index contributed by atoms with van der Waals surface area (Å²) in [6.45, 7) is 7.99. The molecule has 3 aromatic carbocycles. The summed E-state index contributed by atoms with van der Waals surface area (Å²) in [6.07, 6.45) is -4.28. The second-order valence-electron chi connectivity index (χ2n) is 8.66. The molecule has 1 amide bonds. The molecule has 1 heterocycles. The van der Waals surface area contributed by atoms with E-state index in [0.29, 0.717) is 31.2 Å². The van der Waals surface area contributed by atoms with Crippen LogP contribution in [0.1, 0.15) is 50.0 Å². The molecule has 1 unspecified atom stereocenters. The molecular weight excluding hydrogens is 548 g/mol. The number of aliphatic hydroxyl groups is 1. The molecule has 3 aromatic rings. The summed E-state index contributed by atoms with van der Waals surface area (Å²) in [5.41, 5.74) is 1.28. The van der Waals surface area contributed by atoms with E-state index in [-0.39, 0.29) is 5.56 Å². The number of amides is 1. The van der Waals surface area contributed by atoms with Gasteiger partial charge in [-0.1, -0.05) is 80.7 Å². The number of hydrogen-bond acceptors (Lipinski definition) is 3. The van der Waals surface area contributed by atoms with Crippen LogP contribution < -0.4 is 4.90 Å². The van der Waals surface area contributed by atoms with Crippen molar-refractivity contribution in [1.29, 1.82) is 0 Å². The molecule has 212 valence electrons. The zero-order valence-corrected chi connectivity index (χ0v) is 23.9. The molecule has 0 radical (unpaired) electrons.